The number of carboxylic acid groups (broad SMARTS) is 1. The number of nitro groups is 1. The number of halogens is 3. The quantitative estimate of drug-likeness (QED) is 0.245. The van der Waals surface area contributed by atoms with Gasteiger partial charge in [-0.25, -0.2) is 9.78 Å². The number of rotatable bonds is 8. The fraction of sp³-hybridized carbons (Fsp3) is 0.455. The van der Waals surface area contributed by atoms with Crippen LogP contribution < -0.4 is 4.90 Å². The van der Waals surface area contributed by atoms with Crippen molar-refractivity contribution < 1.29 is 37.6 Å². The summed E-state index contributed by atoms with van der Waals surface area (Å²) in [5.41, 5.74) is 3.09. The molecule has 2 amide bonds. The number of hydrogen-bond donors (Lipinski definition) is 1. The van der Waals surface area contributed by atoms with Crippen LogP contribution in [0.4, 0.5) is 24.5 Å². The lowest BCUT2D eigenvalue weighted by molar-refractivity contribution is -0.384. The van der Waals surface area contributed by atoms with E-state index >= 15 is 0 Å². The number of imidazole rings is 1. The molecule has 3 heterocycles. The number of piperazine rings is 1. The maximum absolute atomic E-state index is 14.0. The van der Waals surface area contributed by atoms with Crippen LogP contribution in [-0.2, 0) is 28.1 Å². The lowest BCUT2D eigenvalue weighted by Gasteiger charge is -2.54. The van der Waals surface area contributed by atoms with Crippen molar-refractivity contribution in [3.05, 3.63) is 88.0 Å². The minimum absolute atomic E-state index is 0.0326. The first-order valence-corrected chi connectivity index (χ1v) is 15.4. The van der Waals surface area contributed by atoms with E-state index in [1.54, 1.807) is 23.5 Å². The number of carbonyl (C=O) groups excluding carboxylic acids is 2. The van der Waals surface area contributed by atoms with Crippen molar-refractivity contribution in [2.45, 2.75) is 77.9 Å². The number of aromatic nitrogens is 2. The molecule has 15 heteroatoms. The molecule has 0 radical (unpaired) electrons. The molecule has 2 aromatic carbocycles. The number of non-ortho nitro benzene ring substituents is 1. The van der Waals surface area contributed by atoms with Crippen molar-refractivity contribution in [3.63, 3.8) is 0 Å². The minimum Gasteiger partial charge on any atom is -0.475 e. The van der Waals surface area contributed by atoms with E-state index in [9.17, 15) is 32.9 Å². The third-order valence-corrected chi connectivity index (χ3v) is 8.34. The van der Waals surface area contributed by atoms with Crippen molar-refractivity contribution in [1.29, 1.82) is 0 Å². The van der Waals surface area contributed by atoms with Gasteiger partial charge in [0.15, 0.2) is 0 Å². The highest BCUT2D eigenvalue weighted by atomic mass is 19.4. The van der Waals surface area contributed by atoms with Gasteiger partial charge in [-0.2, -0.15) is 13.2 Å². The van der Waals surface area contributed by atoms with Gasteiger partial charge in [0, 0.05) is 44.2 Å². The molecular weight excluding hydrogens is 633 g/mol. The molecule has 1 N–H and O–H groups in total. The van der Waals surface area contributed by atoms with Crippen LogP contribution >= 0.6 is 0 Å². The van der Waals surface area contributed by atoms with Gasteiger partial charge in [0.05, 0.1) is 29.0 Å². The zero-order chi connectivity index (χ0) is 35.6. The second kappa shape index (κ2) is 14.0. The van der Waals surface area contributed by atoms with Crippen molar-refractivity contribution in [3.8, 4) is 0 Å². The molecule has 0 spiro atoms. The molecule has 1 fully saturated rings. The van der Waals surface area contributed by atoms with E-state index in [0.717, 1.165) is 18.5 Å². The van der Waals surface area contributed by atoms with Gasteiger partial charge in [-0.05, 0) is 34.9 Å². The van der Waals surface area contributed by atoms with Crippen LogP contribution in [-0.4, -0.2) is 78.6 Å². The maximum atomic E-state index is 14.0. The van der Waals surface area contributed by atoms with Gasteiger partial charge in [-0.15, -0.1) is 0 Å². The maximum Gasteiger partial charge on any atom is 0.490 e. The highest BCUT2D eigenvalue weighted by Crippen LogP contribution is 2.39. The van der Waals surface area contributed by atoms with Crippen molar-refractivity contribution in [2.75, 3.05) is 18.0 Å². The average Bonchev–Trinajstić information content (AvgIpc) is 3.52. The first-order valence-electron chi connectivity index (χ1n) is 15.4. The van der Waals surface area contributed by atoms with Crippen LogP contribution in [0.15, 0.2) is 61.2 Å². The minimum atomic E-state index is -5.08. The molecule has 48 heavy (non-hydrogen) atoms. The van der Waals surface area contributed by atoms with Crippen LogP contribution in [0.2, 0.25) is 0 Å². The zero-order valence-corrected chi connectivity index (χ0v) is 27.3. The number of alkyl halides is 3. The molecule has 2 atom stereocenters. The summed E-state index contributed by atoms with van der Waals surface area (Å²) in [4.78, 5) is 57.7. The third kappa shape index (κ3) is 7.94. The van der Waals surface area contributed by atoms with Crippen molar-refractivity contribution in [1.82, 2.24) is 19.4 Å². The lowest BCUT2D eigenvalue weighted by atomic mass is 9.86. The van der Waals surface area contributed by atoms with Crippen molar-refractivity contribution in [2.24, 2.45) is 5.92 Å². The molecule has 2 aliphatic rings. The number of aryl methyl sites for hydroxylation is 1. The summed E-state index contributed by atoms with van der Waals surface area (Å²) >= 11 is 0. The van der Waals surface area contributed by atoms with Crippen LogP contribution in [0, 0.1) is 16.0 Å². The Morgan fingerprint density at radius 3 is 2.25 bits per heavy atom. The first-order chi connectivity index (χ1) is 22.4. The number of anilines is 1. The topological polar surface area (TPSA) is 142 Å². The van der Waals surface area contributed by atoms with E-state index in [1.807, 2.05) is 29.5 Å². The Kier molecular flexibility index (Phi) is 10.5. The fourth-order valence-corrected chi connectivity index (χ4v) is 5.93. The Morgan fingerprint density at radius 1 is 1.08 bits per heavy atom. The van der Waals surface area contributed by atoms with E-state index in [4.69, 9.17) is 9.90 Å². The number of carbonyl (C=O) groups is 3. The summed E-state index contributed by atoms with van der Waals surface area (Å²) in [6.45, 7) is 12.5. The second-order valence-electron chi connectivity index (χ2n) is 13.2. The summed E-state index contributed by atoms with van der Waals surface area (Å²) in [5.74, 6) is -3.34. The molecule has 3 aromatic rings. The molecule has 0 aliphatic carbocycles. The molecule has 2 aliphatic heterocycles. The van der Waals surface area contributed by atoms with Gasteiger partial charge in [-0.1, -0.05) is 58.9 Å². The van der Waals surface area contributed by atoms with Crippen LogP contribution in [0.3, 0.4) is 0 Å². The van der Waals surface area contributed by atoms with E-state index in [0.29, 0.717) is 25.3 Å². The van der Waals surface area contributed by atoms with E-state index < -0.39 is 29.3 Å². The number of nitrogens with zero attached hydrogens (tertiary/aromatic N) is 6. The Hall–Kier alpha value is -4.95. The monoisotopic (exact) mass is 672 g/mol. The summed E-state index contributed by atoms with van der Waals surface area (Å²) in [5, 5.41) is 18.7. The van der Waals surface area contributed by atoms with Crippen LogP contribution in [0.5, 0.6) is 0 Å². The zero-order valence-electron chi connectivity index (χ0n) is 27.3. The number of nitro benzene ring substituents is 1. The van der Waals surface area contributed by atoms with Gasteiger partial charge < -0.3 is 24.4 Å². The molecule has 1 unspecified atom stereocenters. The Morgan fingerprint density at radius 2 is 1.73 bits per heavy atom. The molecule has 258 valence electrons. The molecule has 0 saturated carbocycles. The fourth-order valence-electron chi connectivity index (χ4n) is 5.93. The highest BCUT2D eigenvalue weighted by molar-refractivity contribution is 6.05. The van der Waals surface area contributed by atoms with E-state index in [-0.39, 0.29) is 34.4 Å². The lowest BCUT2D eigenvalue weighted by Crippen LogP contribution is -2.71. The van der Waals surface area contributed by atoms with Gasteiger partial charge in [0.2, 0.25) is 5.91 Å². The third-order valence-electron chi connectivity index (χ3n) is 8.34. The van der Waals surface area contributed by atoms with Gasteiger partial charge in [-0.3, -0.25) is 19.7 Å². The summed E-state index contributed by atoms with van der Waals surface area (Å²) in [7, 11) is 0. The second-order valence-corrected chi connectivity index (χ2v) is 13.2. The Bertz CT molecular complexity index is 1640. The van der Waals surface area contributed by atoms with Gasteiger partial charge in [0.1, 0.15) is 12.2 Å². The van der Waals surface area contributed by atoms with Gasteiger partial charge in [0.25, 0.3) is 11.6 Å². The predicted octanol–water partition coefficient (Wildman–Crippen LogP) is 5.47. The number of fused-ring (bicyclic) bond motifs is 2. The van der Waals surface area contributed by atoms with Crippen molar-refractivity contribution >= 4 is 29.2 Å². The summed E-state index contributed by atoms with van der Waals surface area (Å²) in [6.07, 6.45) is 0.702. The summed E-state index contributed by atoms with van der Waals surface area (Å²) < 4.78 is 33.7. The summed E-state index contributed by atoms with van der Waals surface area (Å²) in [6, 6.07) is 12.2. The molecular formula is C33H39F3N6O6. The average molecular weight is 673 g/mol. The molecule has 5 rings (SSSR count). The highest BCUT2D eigenvalue weighted by Gasteiger charge is 2.50. The Balaban J connectivity index is 0.000000671. The van der Waals surface area contributed by atoms with E-state index in [2.05, 4.69) is 54.9 Å². The first kappa shape index (κ1) is 35.9. The number of amides is 2. The SMILES string of the molecule is CC(C)[C@H]1C(=O)N(Cc2ccc(C(C)(C)C)cc2)CC2N(CCCn3ccnc3)c3ccc([N+](=O)[O-])cc3C(=O)N21.O=C(O)C(F)(F)F. The largest absolute Gasteiger partial charge is 0.490 e. The molecule has 0 bridgehead atoms. The number of benzene rings is 2. The van der Waals surface area contributed by atoms with E-state index in [1.165, 1.54) is 17.7 Å². The smallest absolute Gasteiger partial charge is 0.475 e. The molecule has 12 nitrogen and oxygen atoms in total. The molecule has 1 saturated heterocycles. The normalized spacial score (nSPS) is 17.9. The standard InChI is InChI=1S/C31H38N6O4.C2HF3O2/c1-21(2)28-30(39)34(18-22-7-9-23(10-8-22)31(3,4)5)19-27-35(15-6-14-33-16-13-32-20-33)26-12-11-24(37(40)41)17-25(26)29(38)36(27)28;3-2(4,5)1(6)7/h7-13,16-17,20-21,27-28H,6,14-15,18-19H2,1-5H3;(H,6,7)/t27?,28-;/m0./s1. The molecule has 1 aromatic heterocycles. The predicted molar refractivity (Wildman–Crippen MR) is 170 cm³/mol. The van der Waals surface area contributed by atoms with Gasteiger partial charge >= 0.3 is 12.1 Å². The van der Waals surface area contributed by atoms with Crippen LogP contribution in [0.25, 0.3) is 0 Å². The number of carboxylic acids is 1. The number of aliphatic carboxylic acids is 1. The number of hydrogen-bond acceptors (Lipinski definition) is 7. The Labute approximate surface area is 275 Å². The van der Waals surface area contributed by atoms with Crippen LogP contribution in [0.1, 0.15) is 62.5 Å².